The SMILES string of the molecule is COC(=O)CC(c1ccccc1)C(C)C(=O)c1ccccc1. The van der Waals surface area contributed by atoms with E-state index in [1.165, 1.54) is 7.11 Å². The second kappa shape index (κ2) is 7.55. The van der Waals surface area contributed by atoms with Crippen molar-refractivity contribution in [1.29, 1.82) is 0 Å². The van der Waals surface area contributed by atoms with Gasteiger partial charge in [0.2, 0.25) is 0 Å². The average Bonchev–Trinajstić information content (AvgIpc) is 2.59. The highest BCUT2D eigenvalue weighted by Gasteiger charge is 2.28. The van der Waals surface area contributed by atoms with Crippen molar-refractivity contribution in [3.63, 3.8) is 0 Å². The molecule has 0 spiro atoms. The average molecular weight is 296 g/mol. The largest absolute Gasteiger partial charge is 0.469 e. The van der Waals surface area contributed by atoms with Gasteiger partial charge in [-0.25, -0.2) is 0 Å². The third-order valence-electron chi connectivity index (χ3n) is 3.92. The summed E-state index contributed by atoms with van der Waals surface area (Å²) >= 11 is 0. The Morgan fingerprint density at radius 3 is 2.05 bits per heavy atom. The van der Waals surface area contributed by atoms with Crippen LogP contribution in [-0.4, -0.2) is 18.9 Å². The fourth-order valence-corrected chi connectivity index (χ4v) is 2.59. The number of hydrogen-bond donors (Lipinski definition) is 0. The van der Waals surface area contributed by atoms with Gasteiger partial charge in [-0.15, -0.1) is 0 Å². The summed E-state index contributed by atoms with van der Waals surface area (Å²) < 4.78 is 4.79. The van der Waals surface area contributed by atoms with Crippen molar-refractivity contribution in [1.82, 2.24) is 0 Å². The van der Waals surface area contributed by atoms with Gasteiger partial charge < -0.3 is 4.74 Å². The van der Waals surface area contributed by atoms with Crippen LogP contribution in [-0.2, 0) is 9.53 Å². The molecule has 114 valence electrons. The monoisotopic (exact) mass is 296 g/mol. The Morgan fingerprint density at radius 2 is 1.50 bits per heavy atom. The molecule has 0 saturated heterocycles. The molecule has 3 nitrogen and oxygen atoms in total. The van der Waals surface area contributed by atoms with E-state index in [-0.39, 0.29) is 30.0 Å². The number of ether oxygens (including phenoxy) is 1. The van der Waals surface area contributed by atoms with Crippen molar-refractivity contribution in [3.8, 4) is 0 Å². The summed E-state index contributed by atoms with van der Waals surface area (Å²) in [6.07, 6.45) is 0.195. The Morgan fingerprint density at radius 1 is 0.955 bits per heavy atom. The van der Waals surface area contributed by atoms with E-state index in [1.54, 1.807) is 12.1 Å². The second-order valence-electron chi connectivity index (χ2n) is 5.32. The molecule has 0 saturated carbocycles. The molecule has 0 aromatic heterocycles. The molecule has 0 aliphatic heterocycles. The predicted molar refractivity (Wildman–Crippen MR) is 85.8 cm³/mol. The molecule has 2 unspecified atom stereocenters. The van der Waals surface area contributed by atoms with Crippen LogP contribution in [0.4, 0.5) is 0 Å². The standard InChI is InChI=1S/C19H20O3/c1-14(19(21)16-11-7-4-8-12-16)17(13-18(20)22-2)15-9-5-3-6-10-15/h3-12,14,17H,13H2,1-2H3. The third kappa shape index (κ3) is 3.82. The lowest BCUT2D eigenvalue weighted by Gasteiger charge is -2.22. The number of rotatable bonds is 6. The number of methoxy groups -OCH3 is 1. The number of Topliss-reactive ketones (excluding diaryl/α,β-unsaturated/α-hetero) is 1. The molecule has 0 bridgehead atoms. The Hall–Kier alpha value is -2.42. The molecule has 3 heteroatoms. The summed E-state index contributed by atoms with van der Waals surface area (Å²) in [5.74, 6) is -0.759. The van der Waals surface area contributed by atoms with Gasteiger partial charge in [0.15, 0.2) is 5.78 Å². The molecular formula is C19H20O3. The normalized spacial score (nSPS) is 13.2. The number of benzene rings is 2. The summed E-state index contributed by atoms with van der Waals surface area (Å²) in [7, 11) is 1.37. The molecular weight excluding hydrogens is 276 g/mol. The Kier molecular flexibility index (Phi) is 5.48. The predicted octanol–water partition coefficient (Wildman–Crippen LogP) is 3.85. The maximum absolute atomic E-state index is 12.7. The maximum atomic E-state index is 12.7. The van der Waals surface area contributed by atoms with Gasteiger partial charge >= 0.3 is 5.97 Å². The van der Waals surface area contributed by atoms with E-state index in [9.17, 15) is 9.59 Å². The first-order valence-electron chi connectivity index (χ1n) is 7.34. The summed E-state index contributed by atoms with van der Waals surface area (Å²) in [5, 5.41) is 0. The maximum Gasteiger partial charge on any atom is 0.306 e. The summed E-state index contributed by atoms with van der Waals surface area (Å²) in [6, 6.07) is 18.8. The van der Waals surface area contributed by atoms with Crippen LogP contribution in [0.3, 0.4) is 0 Å². The minimum Gasteiger partial charge on any atom is -0.469 e. The van der Waals surface area contributed by atoms with Gasteiger partial charge in [-0.05, 0) is 5.56 Å². The van der Waals surface area contributed by atoms with Crippen LogP contribution in [0.2, 0.25) is 0 Å². The molecule has 0 amide bonds. The lowest BCUT2D eigenvalue weighted by Crippen LogP contribution is -2.22. The molecule has 2 aromatic carbocycles. The first-order valence-corrected chi connectivity index (χ1v) is 7.34. The Bertz CT molecular complexity index is 620. The van der Waals surface area contributed by atoms with Crippen molar-refractivity contribution in [3.05, 3.63) is 71.8 Å². The molecule has 22 heavy (non-hydrogen) atoms. The smallest absolute Gasteiger partial charge is 0.306 e. The molecule has 0 radical (unpaired) electrons. The zero-order chi connectivity index (χ0) is 15.9. The van der Waals surface area contributed by atoms with Crippen LogP contribution in [0.25, 0.3) is 0 Å². The van der Waals surface area contributed by atoms with Gasteiger partial charge in [-0.3, -0.25) is 9.59 Å². The van der Waals surface area contributed by atoms with E-state index < -0.39 is 0 Å². The Balaban J connectivity index is 2.28. The van der Waals surface area contributed by atoms with Gasteiger partial charge in [0, 0.05) is 17.4 Å². The van der Waals surface area contributed by atoms with Crippen molar-refractivity contribution in [2.75, 3.05) is 7.11 Å². The first-order chi connectivity index (χ1) is 10.6. The van der Waals surface area contributed by atoms with Crippen LogP contribution in [0, 0.1) is 5.92 Å². The molecule has 2 aromatic rings. The number of hydrogen-bond acceptors (Lipinski definition) is 3. The highest BCUT2D eigenvalue weighted by Crippen LogP contribution is 2.30. The van der Waals surface area contributed by atoms with E-state index in [0.29, 0.717) is 5.56 Å². The van der Waals surface area contributed by atoms with E-state index in [4.69, 9.17) is 4.74 Å². The molecule has 2 atom stereocenters. The summed E-state index contributed by atoms with van der Waals surface area (Å²) in [6.45, 7) is 1.87. The molecule has 0 fully saturated rings. The van der Waals surface area contributed by atoms with Crippen LogP contribution in [0.5, 0.6) is 0 Å². The Labute approximate surface area is 130 Å². The van der Waals surface area contributed by atoms with Crippen LogP contribution < -0.4 is 0 Å². The fourth-order valence-electron chi connectivity index (χ4n) is 2.59. The number of esters is 1. The van der Waals surface area contributed by atoms with Crippen molar-refractivity contribution in [2.24, 2.45) is 5.92 Å². The zero-order valence-corrected chi connectivity index (χ0v) is 12.9. The van der Waals surface area contributed by atoms with E-state index in [2.05, 4.69) is 0 Å². The summed E-state index contributed by atoms with van der Waals surface area (Å²) in [4.78, 5) is 24.4. The third-order valence-corrected chi connectivity index (χ3v) is 3.92. The lowest BCUT2D eigenvalue weighted by molar-refractivity contribution is -0.141. The zero-order valence-electron chi connectivity index (χ0n) is 12.9. The van der Waals surface area contributed by atoms with Crippen molar-refractivity contribution >= 4 is 11.8 Å². The van der Waals surface area contributed by atoms with Crippen LogP contribution >= 0.6 is 0 Å². The number of carbonyl (C=O) groups is 2. The second-order valence-corrected chi connectivity index (χ2v) is 5.32. The van der Waals surface area contributed by atoms with Crippen molar-refractivity contribution < 1.29 is 14.3 Å². The van der Waals surface area contributed by atoms with E-state index in [1.807, 2.05) is 55.5 Å². The van der Waals surface area contributed by atoms with Crippen LogP contribution in [0.15, 0.2) is 60.7 Å². The molecule has 2 rings (SSSR count). The highest BCUT2D eigenvalue weighted by atomic mass is 16.5. The van der Waals surface area contributed by atoms with E-state index >= 15 is 0 Å². The minimum atomic E-state index is -0.304. The lowest BCUT2D eigenvalue weighted by atomic mass is 9.80. The topological polar surface area (TPSA) is 43.4 Å². The van der Waals surface area contributed by atoms with Gasteiger partial charge in [-0.2, -0.15) is 0 Å². The molecule has 0 N–H and O–H groups in total. The fraction of sp³-hybridized carbons (Fsp3) is 0.263. The molecule has 0 heterocycles. The van der Waals surface area contributed by atoms with Gasteiger partial charge in [0.05, 0.1) is 13.5 Å². The quantitative estimate of drug-likeness (QED) is 0.600. The summed E-state index contributed by atoms with van der Waals surface area (Å²) in [5.41, 5.74) is 1.64. The van der Waals surface area contributed by atoms with E-state index in [0.717, 1.165) is 5.56 Å². The number of ketones is 1. The van der Waals surface area contributed by atoms with Crippen molar-refractivity contribution in [2.45, 2.75) is 19.3 Å². The minimum absolute atomic E-state index is 0.0401. The molecule has 0 aliphatic carbocycles. The molecule has 0 aliphatic rings. The van der Waals surface area contributed by atoms with Gasteiger partial charge in [0.25, 0.3) is 0 Å². The number of carbonyl (C=O) groups excluding carboxylic acids is 2. The van der Waals surface area contributed by atoms with Gasteiger partial charge in [-0.1, -0.05) is 67.6 Å². The van der Waals surface area contributed by atoms with Crippen LogP contribution in [0.1, 0.15) is 35.2 Å². The van der Waals surface area contributed by atoms with Gasteiger partial charge in [0.1, 0.15) is 0 Å². The highest BCUT2D eigenvalue weighted by molar-refractivity contribution is 5.98. The first kappa shape index (κ1) is 16.0.